The van der Waals surface area contributed by atoms with Crippen LogP contribution in [-0.4, -0.2) is 0 Å². The molecule has 0 N–H and O–H groups in total. The van der Waals surface area contributed by atoms with Crippen LogP contribution in [0, 0.1) is 17.5 Å². The normalized spacial score (nSPS) is 13.8. The molecule has 2 aromatic carbocycles. The molecule has 2 aromatic rings. The van der Waals surface area contributed by atoms with Crippen LogP contribution < -0.4 is 0 Å². The number of aryl methyl sites for hydroxylation is 2. The van der Waals surface area contributed by atoms with E-state index in [0.29, 0.717) is 30.4 Å². The van der Waals surface area contributed by atoms with Crippen molar-refractivity contribution in [2.24, 2.45) is 0 Å². The van der Waals surface area contributed by atoms with Gasteiger partial charge in [0, 0.05) is 5.56 Å². The van der Waals surface area contributed by atoms with Gasteiger partial charge in [0.05, 0.1) is 0 Å². The molecule has 3 rings (SSSR count). The largest absolute Gasteiger partial charge is 0.207 e. The van der Waals surface area contributed by atoms with Gasteiger partial charge in [-0.25, -0.2) is 13.2 Å². The predicted molar refractivity (Wildman–Crippen MR) is 78.3 cm³/mol. The highest BCUT2D eigenvalue weighted by Gasteiger charge is 2.19. The maximum Gasteiger partial charge on any atom is 0.133 e. The van der Waals surface area contributed by atoms with Crippen molar-refractivity contribution in [2.45, 2.75) is 26.2 Å². The molecule has 0 unspecified atom stereocenters. The SMILES string of the molecule is CCc1cc(F)c(C2=Cc3ccc(F)cc3CC2)c(F)c1. The van der Waals surface area contributed by atoms with Crippen molar-refractivity contribution in [3.05, 3.63) is 70.0 Å². The van der Waals surface area contributed by atoms with Crippen LogP contribution in [0.1, 0.15) is 35.6 Å². The zero-order chi connectivity index (χ0) is 15.0. The van der Waals surface area contributed by atoms with Crippen LogP contribution >= 0.6 is 0 Å². The lowest BCUT2D eigenvalue weighted by Crippen LogP contribution is -2.04. The highest BCUT2D eigenvalue weighted by Crippen LogP contribution is 2.33. The van der Waals surface area contributed by atoms with Crippen LogP contribution in [-0.2, 0) is 12.8 Å². The van der Waals surface area contributed by atoms with E-state index in [2.05, 4.69) is 0 Å². The third-order valence-corrected chi connectivity index (χ3v) is 3.93. The lowest BCUT2D eigenvalue weighted by Gasteiger charge is -2.18. The molecule has 0 aromatic heterocycles. The summed E-state index contributed by atoms with van der Waals surface area (Å²) in [6, 6.07) is 7.28. The fourth-order valence-electron chi connectivity index (χ4n) is 2.79. The summed E-state index contributed by atoms with van der Waals surface area (Å²) in [6.45, 7) is 1.86. The number of hydrogen-bond donors (Lipinski definition) is 0. The van der Waals surface area contributed by atoms with Gasteiger partial charge in [0.2, 0.25) is 0 Å². The van der Waals surface area contributed by atoms with E-state index in [-0.39, 0.29) is 11.4 Å². The molecule has 0 bridgehead atoms. The summed E-state index contributed by atoms with van der Waals surface area (Å²) in [5, 5.41) is 0. The molecule has 21 heavy (non-hydrogen) atoms. The van der Waals surface area contributed by atoms with E-state index in [0.717, 1.165) is 11.1 Å². The molecule has 0 aliphatic heterocycles. The van der Waals surface area contributed by atoms with Gasteiger partial charge in [-0.05, 0) is 65.8 Å². The predicted octanol–water partition coefficient (Wildman–Crippen LogP) is 5.15. The molecule has 1 aliphatic carbocycles. The van der Waals surface area contributed by atoms with Crippen molar-refractivity contribution < 1.29 is 13.2 Å². The quantitative estimate of drug-likeness (QED) is 0.716. The molecule has 0 atom stereocenters. The Hall–Kier alpha value is -2.03. The molecule has 0 heterocycles. The number of benzene rings is 2. The average Bonchev–Trinajstić information content (AvgIpc) is 2.46. The van der Waals surface area contributed by atoms with E-state index in [1.54, 1.807) is 12.1 Å². The van der Waals surface area contributed by atoms with Crippen LogP contribution in [0.15, 0.2) is 30.3 Å². The first-order chi connectivity index (χ1) is 10.1. The Kier molecular flexibility index (Phi) is 3.58. The van der Waals surface area contributed by atoms with E-state index in [4.69, 9.17) is 0 Å². The van der Waals surface area contributed by atoms with E-state index < -0.39 is 11.6 Å². The lowest BCUT2D eigenvalue weighted by atomic mass is 9.88. The fraction of sp³-hybridized carbons (Fsp3) is 0.222. The first kappa shape index (κ1) is 13.9. The fourth-order valence-corrected chi connectivity index (χ4v) is 2.79. The van der Waals surface area contributed by atoms with E-state index >= 15 is 0 Å². The van der Waals surface area contributed by atoms with Crippen LogP contribution in [0.3, 0.4) is 0 Å². The molecular weight excluding hydrogens is 273 g/mol. The number of fused-ring (bicyclic) bond motifs is 1. The summed E-state index contributed by atoms with van der Waals surface area (Å²) in [4.78, 5) is 0. The molecule has 0 saturated heterocycles. The molecule has 0 amide bonds. The summed E-state index contributed by atoms with van der Waals surface area (Å²) in [7, 11) is 0. The van der Waals surface area contributed by atoms with E-state index in [9.17, 15) is 13.2 Å². The average molecular weight is 288 g/mol. The smallest absolute Gasteiger partial charge is 0.133 e. The molecular formula is C18H15F3. The second kappa shape index (κ2) is 5.40. The van der Waals surface area contributed by atoms with Crippen molar-refractivity contribution in [2.75, 3.05) is 0 Å². The van der Waals surface area contributed by atoms with Gasteiger partial charge < -0.3 is 0 Å². The summed E-state index contributed by atoms with van der Waals surface area (Å²) in [5.74, 6) is -1.33. The topological polar surface area (TPSA) is 0 Å². The molecule has 0 saturated carbocycles. The highest BCUT2D eigenvalue weighted by atomic mass is 19.1. The Balaban J connectivity index is 2.08. The molecule has 1 aliphatic rings. The summed E-state index contributed by atoms with van der Waals surface area (Å²) >= 11 is 0. The van der Waals surface area contributed by atoms with Crippen LogP contribution in [0.2, 0.25) is 0 Å². The minimum atomic E-state index is -0.524. The first-order valence-corrected chi connectivity index (χ1v) is 7.05. The van der Waals surface area contributed by atoms with Gasteiger partial charge in [0.15, 0.2) is 0 Å². The van der Waals surface area contributed by atoms with Gasteiger partial charge in [-0.1, -0.05) is 19.1 Å². The second-order valence-corrected chi connectivity index (χ2v) is 5.30. The molecule has 108 valence electrons. The number of allylic oxidation sites excluding steroid dienone is 1. The van der Waals surface area contributed by atoms with Crippen molar-refractivity contribution in [3.8, 4) is 0 Å². The van der Waals surface area contributed by atoms with Gasteiger partial charge in [-0.2, -0.15) is 0 Å². The van der Waals surface area contributed by atoms with Crippen LogP contribution in [0.25, 0.3) is 11.6 Å². The zero-order valence-electron chi connectivity index (χ0n) is 11.7. The maximum absolute atomic E-state index is 14.2. The van der Waals surface area contributed by atoms with Gasteiger partial charge in [0.1, 0.15) is 17.5 Å². The number of rotatable bonds is 2. The first-order valence-electron chi connectivity index (χ1n) is 7.05. The third kappa shape index (κ3) is 2.60. The van der Waals surface area contributed by atoms with E-state index in [1.807, 2.05) is 6.92 Å². The monoisotopic (exact) mass is 288 g/mol. The van der Waals surface area contributed by atoms with Crippen LogP contribution in [0.4, 0.5) is 13.2 Å². The summed E-state index contributed by atoms with van der Waals surface area (Å²) < 4.78 is 41.5. The zero-order valence-corrected chi connectivity index (χ0v) is 11.7. The Morgan fingerprint density at radius 1 is 0.952 bits per heavy atom. The Labute approximate surface area is 121 Å². The van der Waals surface area contributed by atoms with Gasteiger partial charge in [-0.3, -0.25) is 0 Å². The molecule has 0 nitrogen and oxygen atoms in total. The Morgan fingerprint density at radius 2 is 1.67 bits per heavy atom. The number of hydrogen-bond acceptors (Lipinski definition) is 0. The standard InChI is InChI=1S/C18H15F3/c1-2-11-7-16(20)18(17(21)8-11)14-4-3-13-10-15(19)6-5-12(13)9-14/h5-10H,2-4H2,1H3. The lowest BCUT2D eigenvalue weighted by molar-refractivity contribution is 0.572. The third-order valence-electron chi connectivity index (χ3n) is 3.93. The Bertz CT molecular complexity index is 706. The van der Waals surface area contributed by atoms with E-state index in [1.165, 1.54) is 24.3 Å². The van der Waals surface area contributed by atoms with Gasteiger partial charge in [0.25, 0.3) is 0 Å². The van der Waals surface area contributed by atoms with Crippen molar-refractivity contribution in [1.82, 2.24) is 0 Å². The van der Waals surface area contributed by atoms with Crippen LogP contribution in [0.5, 0.6) is 0 Å². The highest BCUT2D eigenvalue weighted by molar-refractivity contribution is 5.84. The molecule has 0 fully saturated rings. The van der Waals surface area contributed by atoms with Crippen molar-refractivity contribution in [3.63, 3.8) is 0 Å². The number of halogens is 3. The molecule has 0 radical (unpaired) electrons. The van der Waals surface area contributed by atoms with Gasteiger partial charge in [-0.15, -0.1) is 0 Å². The molecule has 3 heteroatoms. The van der Waals surface area contributed by atoms with Crippen molar-refractivity contribution in [1.29, 1.82) is 0 Å². The Morgan fingerprint density at radius 3 is 2.33 bits per heavy atom. The minimum absolute atomic E-state index is 0.0437. The van der Waals surface area contributed by atoms with Gasteiger partial charge >= 0.3 is 0 Å². The maximum atomic E-state index is 14.2. The minimum Gasteiger partial charge on any atom is -0.207 e. The molecule has 0 spiro atoms. The second-order valence-electron chi connectivity index (χ2n) is 5.30. The summed E-state index contributed by atoms with van der Waals surface area (Å²) in [5.41, 5.74) is 3.03. The summed E-state index contributed by atoms with van der Waals surface area (Å²) in [6.07, 6.45) is 3.45. The van der Waals surface area contributed by atoms with Crippen molar-refractivity contribution >= 4 is 11.6 Å².